The third-order valence-electron chi connectivity index (χ3n) is 3.26. The quantitative estimate of drug-likeness (QED) is 0.695. The van der Waals surface area contributed by atoms with Crippen LogP contribution in [0.25, 0.3) is 0 Å². The summed E-state index contributed by atoms with van der Waals surface area (Å²) in [7, 11) is 0. The van der Waals surface area contributed by atoms with Crippen LogP contribution in [0.3, 0.4) is 0 Å². The second kappa shape index (κ2) is 5.27. The summed E-state index contributed by atoms with van der Waals surface area (Å²) in [6, 6.07) is 0. The fraction of sp³-hybridized carbons (Fsp3) is 0.727. The minimum absolute atomic E-state index is 0.0783. The Hall–Kier alpha value is -1.43. The summed E-state index contributed by atoms with van der Waals surface area (Å²) in [6.07, 6.45) is 2.43. The lowest BCUT2D eigenvalue weighted by Gasteiger charge is -2.19. The van der Waals surface area contributed by atoms with Crippen molar-refractivity contribution in [3.63, 3.8) is 0 Å². The van der Waals surface area contributed by atoms with Crippen molar-refractivity contribution in [2.24, 2.45) is 11.0 Å². The molecule has 2 aliphatic rings. The van der Waals surface area contributed by atoms with E-state index in [9.17, 15) is 9.59 Å². The first kappa shape index (κ1) is 12.0. The van der Waals surface area contributed by atoms with Crippen molar-refractivity contribution in [1.29, 1.82) is 0 Å². The molecule has 0 saturated carbocycles. The Balaban J connectivity index is 1.91. The topological polar surface area (TPSA) is 82.0 Å². The summed E-state index contributed by atoms with van der Waals surface area (Å²) in [5.74, 6) is 0.175. The van der Waals surface area contributed by atoms with Gasteiger partial charge in [-0.1, -0.05) is 0 Å². The van der Waals surface area contributed by atoms with Gasteiger partial charge in [0.25, 0.3) is 5.91 Å². The molecule has 2 amide bonds. The number of nitrogens with zero attached hydrogens (tertiary/aromatic N) is 2. The van der Waals surface area contributed by atoms with Crippen LogP contribution in [0, 0.1) is 5.92 Å². The van der Waals surface area contributed by atoms with Gasteiger partial charge in [-0.15, -0.1) is 0 Å². The monoisotopic (exact) mass is 239 g/mol. The zero-order valence-corrected chi connectivity index (χ0v) is 9.69. The van der Waals surface area contributed by atoms with Gasteiger partial charge in [-0.2, -0.15) is 5.10 Å². The van der Waals surface area contributed by atoms with Crippen LogP contribution in [0.2, 0.25) is 0 Å². The molecule has 0 aromatic carbocycles. The molecular formula is C11H17N3O3. The predicted octanol–water partition coefficient (Wildman–Crippen LogP) is -0.517. The van der Waals surface area contributed by atoms with Gasteiger partial charge >= 0.3 is 0 Å². The maximum Gasteiger partial charge on any atom is 0.270 e. The Morgan fingerprint density at radius 2 is 2.35 bits per heavy atom. The highest BCUT2D eigenvalue weighted by molar-refractivity contribution is 6.39. The summed E-state index contributed by atoms with van der Waals surface area (Å²) in [6.45, 7) is 1.58. The van der Waals surface area contributed by atoms with Crippen molar-refractivity contribution in [1.82, 2.24) is 10.3 Å². The number of carbonyl (C=O) groups excluding carboxylic acids is 2. The first-order valence-electron chi connectivity index (χ1n) is 5.96. The van der Waals surface area contributed by atoms with E-state index in [1.54, 1.807) is 4.90 Å². The van der Waals surface area contributed by atoms with Gasteiger partial charge in [0.05, 0.1) is 0 Å². The molecule has 0 spiro atoms. The second-order valence-corrected chi connectivity index (χ2v) is 4.51. The molecule has 1 unspecified atom stereocenters. The number of carbonyl (C=O) groups is 2. The fourth-order valence-corrected chi connectivity index (χ4v) is 2.25. The number of hydrogen-bond donors (Lipinski definition) is 2. The lowest BCUT2D eigenvalue weighted by molar-refractivity contribution is -0.123. The van der Waals surface area contributed by atoms with Crippen LogP contribution >= 0.6 is 0 Å². The average molecular weight is 239 g/mol. The van der Waals surface area contributed by atoms with Crippen molar-refractivity contribution in [2.75, 3.05) is 19.7 Å². The third-order valence-corrected chi connectivity index (χ3v) is 3.26. The Kier molecular flexibility index (Phi) is 3.73. The molecular weight excluding hydrogens is 222 g/mol. The molecule has 0 aliphatic carbocycles. The molecule has 2 heterocycles. The highest BCUT2D eigenvalue weighted by atomic mass is 16.3. The molecule has 6 heteroatoms. The number of amides is 2. The summed E-state index contributed by atoms with van der Waals surface area (Å²) in [5.41, 5.74) is 2.77. The fourth-order valence-electron chi connectivity index (χ4n) is 2.25. The van der Waals surface area contributed by atoms with Gasteiger partial charge in [-0.25, -0.2) is 5.43 Å². The maximum absolute atomic E-state index is 12.0. The van der Waals surface area contributed by atoms with Crippen molar-refractivity contribution >= 4 is 17.5 Å². The van der Waals surface area contributed by atoms with Gasteiger partial charge in [0.1, 0.15) is 5.71 Å². The molecule has 0 bridgehead atoms. The van der Waals surface area contributed by atoms with Gasteiger partial charge in [0.2, 0.25) is 5.91 Å². The third kappa shape index (κ3) is 2.82. The van der Waals surface area contributed by atoms with Crippen LogP contribution in [-0.2, 0) is 9.59 Å². The van der Waals surface area contributed by atoms with Crippen LogP contribution < -0.4 is 5.43 Å². The molecule has 17 heavy (non-hydrogen) atoms. The lowest BCUT2D eigenvalue weighted by atomic mass is 10.1. The zero-order chi connectivity index (χ0) is 12.3. The summed E-state index contributed by atoms with van der Waals surface area (Å²) >= 11 is 0. The Morgan fingerprint density at radius 1 is 1.53 bits per heavy atom. The van der Waals surface area contributed by atoms with E-state index in [-0.39, 0.29) is 18.4 Å². The molecule has 2 N–H and O–H groups in total. The molecule has 0 radical (unpaired) electrons. The van der Waals surface area contributed by atoms with E-state index < -0.39 is 0 Å². The van der Waals surface area contributed by atoms with Crippen molar-refractivity contribution in [2.45, 2.75) is 25.7 Å². The minimum Gasteiger partial charge on any atom is -0.396 e. The van der Waals surface area contributed by atoms with Gasteiger partial charge < -0.3 is 10.0 Å². The average Bonchev–Trinajstić information content (AvgIpc) is 2.78. The highest BCUT2D eigenvalue weighted by Gasteiger charge is 2.29. The van der Waals surface area contributed by atoms with Crippen LogP contribution in [0.4, 0.5) is 0 Å². The van der Waals surface area contributed by atoms with Crippen LogP contribution in [-0.4, -0.2) is 47.2 Å². The lowest BCUT2D eigenvalue weighted by Crippen LogP contribution is -2.39. The normalized spacial score (nSPS) is 24.5. The first-order chi connectivity index (χ1) is 8.20. The molecule has 94 valence electrons. The van der Waals surface area contributed by atoms with Crippen molar-refractivity contribution < 1.29 is 14.7 Å². The van der Waals surface area contributed by atoms with Crippen molar-refractivity contribution in [3.05, 3.63) is 0 Å². The first-order valence-corrected chi connectivity index (χ1v) is 5.96. The number of hydrogen-bond acceptors (Lipinski definition) is 4. The van der Waals surface area contributed by atoms with Crippen LogP contribution in [0.15, 0.2) is 5.10 Å². The summed E-state index contributed by atoms with van der Waals surface area (Å²) in [5, 5.41) is 12.7. The molecule has 1 atom stereocenters. The molecule has 2 aliphatic heterocycles. The van der Waals surface area contributed by atoms with Gasteiger partial charge in [0, 0.05) is 32.5 Å². The molecule has 0 aromatic rings. The standard InChI is InChI=1S/C11H17N3O3/c15-6-4-8-3-5-14(7-8)11(17)9-1-2-10(16)13-12-9/h8,15H,1-7H2,(H,13,16). The number of aliphatic hydroxyl groups is 1. The van der Waals surface area contributed by atoms with Gasteiger partial charge in [0.15, 0.2) is 0 Å². The van der Waals surface area contributed by atoms with E-state index in [2.05, 4.69) is 10.5 Å². The second-order valence-electron chi connectivity index (χ2n) is 4.51. The van der Waals surface area contributed by atoms with Crippen LogP contribution in [0.5, 0.6) is 0 Å². The smallest absolute Gasteiger partial charge is 0.270 e. The number of rotatable bonds is 3. The molecule has 1 fully saturated rings. The van der Waals surface area contributed by atoms with Gasteiger partial charge in [-0.05, 0) is 18.8 Å². The highest BCUT2D eigenvalue weighted by Crippen LogP contribution is 2.20. The van der Waals surface area contributed by atoms with E-state index in [1.807, 2.05) is 0 Å². The molecule has 0 aromatic heterocycles. The number of nitrogens with one attached hydrogen (secondary N) is 1. The maximum atomic E-state index is 12.0. The van der Waals surface area contributed by atoms with E-state index in [0.29, 0.717) is 31.0 Å². The van der Waals surface area contributed by atoms with E-state index >= 15 is 0 Å². The number of likely N-dealkylation sites (tertiary alicyclic amines) is 1. The predicted molar refractivity (Wildman–Crippen MR) is 61.2 cm³/mol. The van der Waals surface area contributed by atoms with E-state index in [0.717, 1.165) is 19.4 Å². The summed E-state index contributed by atoms with van der Waals surface area (Å²) in [4.78, 5) is 24.7. The molecule has 2 rings (SSSR count). The largest absolute Gasteiger partial charge is 0.396 e. The van der Waals surface area contributed by atoms with Crippen molar-refractivity contribution in [3.8, 4) is 0 Å². The molecule has 6 nitrogen and oxygen atoms in total. The van der Waals surface area contributed by atoms with E-state index in [1.165, 1.54) is 0 Å². The summed E-state index contributed by atoms with van der Waals surface area (Å²) < 4.78 is 0. The Labute approximate surface area is 99.7 Å². The SMILES string of the molecule is O=C1CCC(C(=O)N2CCC(CCO)C2)=NN1. The van der Waals surface area contributed by atoms with Crippen LogP contribution in [0.1, 0.15) is 25.7 Å². The number of hydrazone groups is 1. The Bertz CT molecular complexity index is 354. The minimum atomic E-state index is -0.138. The van der Waals surface area contributed by atoms with E-state index in [4.69, 9.17) is 5.11 Å². The van der Waals surface area contributed by atoms with Gasteiger partial charge in [-0.3, -0.25) is 9.59 Å². The zero-order valence-electron chi connectivity index (χ0n) is 9.69. The Morgan fingerprint density at radius 3 is 3.00 bits per heavy atom. The number of aliphatic hydroxyl groups excluding tert-OH is 1. The molecule has 1 saturated heterocycles.